The zero-order valence-corrected chi connectivity index (χ0v) is 17.7. The molecule has 7 heteroatoms. The Morgan fingerprint density at radius 3 is 2.12 bits per heavy atom. The summed E-state index contributed by atoms with van der Waals surface area (Å²) in [5, 5.41) is 6.64. The van der Waals surface area contributed by atoms with Crippen LogP contribution in [0.5, 0.6) is 11.5 Å². The van der Waals surface area contributed by atoms with Gasteiger partial charge in [0, 0.05) is 5.56 Å². The van der Waals surface area contributed by atoms with Crippen molar-refractivity contribution < 1.29 is 19.1 Å². The molecule has 3 aromatic rings. The number of nitrogens with zero attached hydrogens (tertiary/aromatic N) is 1. The van der Waals surface area contributed by atoms with Crippen molar-refractivity contribution in [2.24, 2.45) is 5.10 Å². The maximum Gasteiger partial charge on any atom is 0.287 e. The summed E-state index contributed by atoms with van der Waals surface area (Å²) in [6.45, 7) is 0. The summed E-state index contributed by atoms with van der Waals surface area (Å²) < 4.78 is 10.6. The molecule has 162 valence electrons. The van der Waals surface area contributed by atoms with Gasteiger partial charge in [0.05, 0.1) is 20.4 Å². The van der Waals surface area contributed by atoms with Crippen molar-refractivity contribution in [2.75, 3.05) is 14.2 Å². The molecule has 3 aromatic carbocycles. The van der Waals surface area contributed by atoms with E-state index in [-0.39, 0.29) is 5.70 Å². The summed E-state index contributed by atoms with van der Waals surface area (Å²) in [6.07, 6.45) is 3.06. The van der Waals surface area contributed by atoms with Crippen molar-refractivity contribution >= 4 is 24.1 Å². The molecule has 0 spiro atoms. The van der Waals surface area contributed by atoms with Gasteiger partial charge in [-0.15, -0.1) is 0 Å². The second kappa shape index (κ2) is 11.1. The molecule has 3 rings (SSSR count). The van der Waals surface area contributed by atoms with Gasteiger partial charge in [-0.2, -0.15) is 5.10 Å². The Hall–Kier alpha value is -4.39. The van der Waals surface area contributed by atoms with E-state index in [1.165, 1.54) is 26.5 Å². The summed E-state index contributed by atoms with van der Waals surface area (Å²) >= 11 is 0. The molecule has 0 bridgehead atoms. The zero-order chi connectivity index (χ0) is 22.8. The molecule has 0 atom stereocenters. The van der Waals surface area contributed by atoms with E-state index in [9.17, 15) is 9.59 Å². The SMILES string of the molecule is COc1ccc(/C=C(/NC(=O)c2ccccc2)C(=O)N/N=C\c2ccccc2)cc1OC. The van der Waals surface area contributed by atoms with Crippen LogP contribution in [-0.4, -0.2) is 32.2 Å². The number of carbonyl (C=O) groups is 2. The fourth-order valence-corrected chi connectivity index (χ4v) is 2.82. The van der Waals surface area contributed by atoms with E-state index in [1.807, 2.05) is 36.4 Å². The minimum Gasteiger partial charge on any atom is -0.493 e. The molecule has 0 aliphatic carbocycles. The van der Waals surface area contributed by atoms with E-state index < -0.39 is 11.8 Å². The lowest BCUT2D eigenvalue weighted by atomic mass is 10.1. The van der Waals surface area contributed by atoms with Crippen LogP contribution in [-0.2, 0) is 4.79 Å². The number of ether oxygens (including phenoxy) is 2. The van der Waals surface area contributed by atoms with Crippen molar-refractivity contribution in [3.63, 3.8) is 0 Å². The van der Waals surface area contributed by atoms with Crippen LogP contribution in [0.2, 0.25) is 0 Å². The first-order valence-electron chi connectivity index (χ1n) is 9.79. The van der Waals surface area contributed by atoms with E-state index in [0.717, 1.165) is 5.56 Å². The van der Waals surface area contributed by atoms with Crippen molar-refractivity contribution in [2.45, 2.75) is 0 Å². The molecule has 0 heterocycles. The highest BCUT2D eigenvalue weighted by molar-refractivity contribution is 6.05. The molecule has 0 aliphatic rings. The monoisotopic (exact) mass is 429 g/mol. The molecule has 0 fully saturated rings. The Morgan fingerprint density at radius 2 is 1.47 bits per heavy atom. The first-order valence-corrected chi connectivity index (χ1v) is 9.79. The molecule has 0 aliphatic heterocycles. The maximum atomic E-state index is 12.8. The lowest BCUT2D eigenvalue weighted by Crippen LogP contribution is -2.32. The second-order valence-corrected chi connectivity index (χ2v) is 6.60. The van der Waals surface area contributed by atoms with Gasteiger partial charge >= 0.3 is 0 Å². The van der Waals surface area contributed by atoms with Gasteiger partial charge in [0.25, 0.3) is 11.8 Å². The Labute approximate surface area is 186 Å². The van der Waals surface area contributed by atoms with E-state index in [4.69, 9.17) is 9.47 Å². The average Bonchev–Trinajstić information content (AvgIpc) is 2.84. The number of methoxy groups -OCH3 is 2. The number of hydrogen-bond donors (Lipinski definition) is 2. The van der Waals surface area contributed by atoms with Crippen LogP contribution < -0.4 is 20.2 Å². The highest BCUT2D eigenvalue weighted by atomic mass is 16.5. The smallest absolute Gasteiger partial charge is 0.287 e. The molecule has 0 aromatic heterocycles. The van der Waals surface area contributed by atoms with Crippen molar-refractivity contribution in [3.8, 4) is 11.5 Å². The summed E-state index contributed by atoms with van der Waals surface area (Å²) in [7, 11) is 3.06. The van der Waals surface area contributed by atoms with Crippen molar-refractivity contribution in [1.29, 1.82) is 0 Å². The minimum absolute atomic E-state index is 0.0243. The van der Waals surface area contributed by atoms with E-state index in [1.54, 1.807) is 42.5 Å². The van der Waals surface area contributed by atoms with Gasteiger partial charge in [-0.3, -0.25) is 9.59 Å². The van der Waals surface area contributed by atoms with Gasteiger partial charge in [0.15, 0.2) is 11.5 Å². The second-order valence-electron chi connectivity index (χ2n) is 6.60. The molecule has 0 saturated carbocycles. The fourth-order valence-electron chi connectivity index (χ4n) is 2.82. The standard InChI is InChI=1S/C25H23N3O4/c1-31-22-14-13-19(16-23(22)32-2)15-21(27-24(29)20-11-7-4-8-12-20)25(30)28-26-17-18-9-5-3-6-10-18/h3-17H,1-2H3,(H,27,29)(H,28,30)/b21-15+,26-17-. The first-order chi connectivity index (χ1) is 15.6. The molecule has 0 unspecified atom stereocenters. The van der Waals surface area contributed by atoms with Crippen LogP contribution in [0.3, 0.4) is 0 Å². The predicted molar refractivity (Wildman–Crippen MR) is 124 cm³/mol. The Balaban J connectivity index is 1.86. The lowest BCUT2D eigenvalue weighted by Gasteiger charge is -2.11. The van der Waals surface area contributed by atoms with Crippen LogP contribution in [0.25, 0.3) is 6.08 Å². The highest BCUT2D eigenvalue weighted by Gasteiger charge is 2.15. The largest absolute Gasteiger partial charge is 0.493 e. The van der Waals surface area contributed by atoms with Gasteiger partial charge in [-0.05, 0) is 41.5 Å². The van der Waals surface area contributed by atoms with Crippen LogP contribution >= 0.6 is 0 Å². The predicted octanol–water partition coefficient (Wildman–Crippen LogP) is 3.63. The number of rotatable bonds is 8. The van der Waals surface area contributed by atoms with Crippen LogP contribution in [0.4, 0.5) is 0 Å². The molecule has 32 heavy (non-hydrogen) atoms. The molecular formula is C25H23N3O4. The number of nitrogens with one attached hydrogen (secondary N) is 2. The lowest BCUT2D eigenvalue weighted by molar-refractivity contribution is -0.117. The quantitative estimate of drug-likeness (QED) is 0.325. The van der Waals surface area contributed by atoms with Gasteiger partial charge in [-0.1, -0.05) is 54.6 Å². The third-order valence-electron chi connectivity index (χ3n) is 4.43. The maximum absolute atomic E-state index is 12.8. The summed E-state index contributed by atoms with van der Waals surface area (Å²) in [5.41, 5.74) is 4.36. The van der Waals surface area contributed by atoms with Gasteiger partial charge in [-0.25, -0.2) is 5.43 Å². The van der Waals surface area contributed by atoms with E-state index >= 15 is 0 Å². The fraction of sp³-hybridized carbons (Fsp3) is 0.0800. The van der Waals surface area contributed by atoms with Crippen LogP contribution in [0.1, 0.15) is 21.5 Å². The zero-order valence-electron chi connectivity index (χ0n) is 17.7. The third-order valence-corrected chi connectivity index (χ3v) is 4.43. The average molecular weight is 429 g/mol. The summed E-state index contributed by atoms with van der Waals surface area (Å²) in [6, 6.07) is 23.1. The Kier molecular flexibility index (Phi) is 7.75. The first kappa shape index (κ1) is 22.3. The van der Waals surface area contributed by atoms with E-state index in [2.05, 4.69) is 15.8 Å². The number of hydrogen-bond acceptors (Lipinski definition) is 5. The van der Waals surface area contributed by atoms with Gasteiger partial charge in [0.1, 0.15) is 5.70 Å². The topological polar surface area (TPSA) is 89.0 Å². The Morgan fingerprint density at radius 1 is 0.812 bits per heavy atom. The number of amides is 2. The number of hydrazone groups is 1. The number of benzene rings is 3. The van der Waals surface area contributed by atoms with Gasteiger partial charge in [0.2, 0.25) is 0 Å². The highest BCUT2D eigenvalue weighted by Crippen LogP contribution is 2.28. The number of carbonyl (C=O) groups excluding carboxylic acids is 2. The molecule has 7 nitrogen and oxygen atoms in total. The molecule has 2 N–H and O–H groups in total. The molecule has 0 saturated heterocycles. The van der Waals surface area contributed by atoms with Gasteiger partial charge < -0.3 is 14.8 Å². The summed E-state index contributed by atoms with van der Waals surface area (Å²) in [5.74, 6) is 0.0599. The molecule has 0 radical (unpaired) electrons. The van der Waals surface area contributed by atoms with Crippen molar-refractivity contribution in [3.05, 3.63) is 101 Å². The molecular weight excluding hydrogens is 406 g/mol. The minimum atomic E-state index is -0.573. The molecule has 2 amide bonds. The normalized spacial score (nSPS) is 11.1. The van der Waals surface area contributed by atoms with E-state index in [0.29, 0.717) is 22.6 Å². The van der Waals surface area contributed by atoms with Crippen molar-refractivity contribution in [1.82, 2.24) is 10.7 Å². The Bertz CT molecular complexity index is 1130. The van der Waals surface area contributed by atoms with Crippen LogP contribution in [0, 0.1) is 0 Å². The summed E-state index contributed by atoms with van der Waals surface area (Å²) in [4.78, 5) is 25.5. The van der Waals surface area contributed by atoms with Crippen LogP contribution in [0.15, 0.2) is 89.7 Å². The third kappa shape index (κ3) is 6.06.